The standard InChI is InChI=1S/C9H12INO4S/c1-6(15-16(11,13)14)9(12)7-4-2-3-5-8(7)10/h2-6,9,12H,1H3,(H2,11,13,14)/t6-,9+/m0/s1. The van der Waals surface area contributed by atoms with Gasteiger partial charge in [-0.25, -0.2) is 5.14 Å². The first-order valence-electron chi connectivity index (χ1n) is 4.45. The van der Waals surface area contributed by atoms with Crippen molar-refractivity contribution in [2.24, 2.45) is 5.14 Å². The second kappa shape index (κ2) is 5.41. The Morgan fingerprint density at radius 1 is 1.44 bits per heavy atom. The number of rotatable bonds is 4. The molecule has 0 spiro atoms. The average molecular weight is 357 g/mol. The van der Waals surface area contributed by atoms with Gasteiger partial charge in [-0.05, 0) is 41.1 Å². The molecule has 0 fully saturated rings. The molecule has 0 heterocycles. The number of aliphatic hydroxyl groups is 1. The quantitative estimate of drug-likeness (QED) is 0.785. The third-order valence-electron chi connectivity index (χ3n) is 1.95. The lowest BCUT2D eigenvalue weighted by Gasteiger charge is -2.19. The van der Waals surface area contributed by atoms with Crippen molar-refractivity contribution >= 4 is 32.9 Å². The topological polar surface area (TPSA) is 89.6 Å². The smallest absolute Gasteiger partial charge is 0.333 e. The fourth-order valence-corrected chi connectivity index (χ4v) is 2.47. The van der Waals surface area contributed by atoms with Crippen molar-refractivity contribution in [1.29, 1.82) is 0 Å². The maximum Gasteiger partial charge on any atom is 0.333 e. The van der Waals surface area contributed by atoms with Crippen LogP contribution in [0.3, 0.4) is 0 Å². The van der Waals surface area contributed by atoms with E-state index in [1.54, 1.807) is 12.1 Å². The van der Waals surface area contributed by atoms with Gasteiger partial charge in [-0.2, -0.15) is 8.42 Å². The fourth-order valence-electron chi connectivity index (χ4n) is 1.23. The van der Waals surface area contributed by atoms with E-state index in [0.717, 1.165) is 3.57 Å². The minimum Gasteiger partial charge on any atom is -0.386 e. The van der Waals surface area contributed by atoms with Gasteiger partial charge >= 0.3 is 10.3 Å². The Labute approximate surface area is 108 Å². The van der Waals surface area contributed by atoms with E-state index in [2.05, 4.69) is 4.18 Å². The molecule has 1 aromatic rings. The van der Waals surface area contributed by atoms with Gasteiger partial charge in [0, 0.05) is 3.57 Å². The van der Waals surface area contributed by atoms with Gasteiger partial charge in [-0.1, -0.05) is 18.2 Å². The van der Waals surface area contributed by atoms with Crippen LogP contribution in [0.5, 0.6) is 0 Å². The normalized spacial score (nSPS) is 15.8. The molecule has 0 aliphatic carbocycles. The Balaban J connectivity index is 2.86. The van der Waals surface area contributed by atoms with Crippen LogP contribution in [0, 0.1) is 3.57 Å². The molecule has 0 saturated carbocycles. The summed E-state index contributed by atoms with van der Waals surface area (Å²) in [6.45, 7) is 1.44. The van der Waals surface area contributed by atoms with Crippen LogP contribution in [0.4, 0.5) is 0 Å². The predicted octanol–water partition coefficient (Wildman–Crippen LogP) is 0.933. The van der Waals surface area contributed by atoms with Crippen LogP contribution in [-0.4, -0.2) is 19.6 Å². The molecule has 1 rings (SSSR count). The van der Waals surface area contributed by atoms with Crippen molar-refractivity contribution in [1.82, 2.24) is 0 Å². The van der Waals surface area contributed by atoms with E-state index >= 15 is 0 Å². The van der Waals surface area contributed by atoms with Gasteiger partial charge in [0.15, 0.2) is 0 Å². The minimum atomic E-state index is -4.05. The van der Waals surface area contributed by atoms with E-state index in [4.69, 9.17) is 5.14 Å². The molecule has 0 bridgehead atoms. The number of hydrogen-bond donors (Lipinski definition) is 2. The Morgan fingerprint density at radius 3 is 2.50 bits per heavy atom. The predicted molar refractivity (Wildman–Crippen MR) is 67.8 cm³/mol. The highest BCUT2D eigenvalue weighted by Gasteiger charge is 2.22. The van der Waals surface area contributed by atoms with E-state index in [1.165, 1.54) is 6.92 Å². The Hall–Kier alpha value is -0.220. The lowest BCUT2D eigenvalue weighted by molar-refractivity contribution is 0.0503. The van der Waals surface area contributed by atoms with Crippen LogP contribution < -0.4 is 5.14 Å². The van der Waals surface area contributed by atoms with Crippen LogP contribution >= 0.6 is 22.6 Å². The second-order valence-corrected chi connectivity index (χ2v) is 5.60. The summed E-state index contributed by atoms with van der Waals surface area (Å²) < 4.78 is 26.7. The van der Waals surface area contributed by atoms with E-state index in [0.29, 0.717) is 5.56 Å². The number of halogens is 1. The lowest BCUT2D eigenvalue weighted by Crippen LogP contribution is -2.27. The molecule has 90 valence electrons. The zero-order chi connectivity index (χ0) is 12.3. The molecule has 0 radical (unpaired) electrons. The van der Waals surface area contributed by atoms with Crippen LogP contribution in [0.15, 0.2) is 24.3 Å². The van der Waals surface area contributed by atoms with Crippen molar-refractivity contribution in [3.05, 3.63) is 33.4 Å². The molecule has 0 unspecified atom stereocenters. The van der Waals surface area contributed by atoms with Gasteiger partial charge in [0.25, 0.3) is 0 Å². The molecular weight excluding hydrogens is 345 g/mol. The maximum atomic E-state index is 10.7. The average Bonchev–Trinajstić information content (AvgIpc) is 2.15. The summed E-state index contributed by atoms with van der Waals surface area (Å²) >= 11 is 2.05. The highest BCUT2D eigenvalue weighted by Crippen LogP contribution is 2.24. The lowest BCUT2D eigenvalue weighted by atomic mass is 10.1. The molecule has 0 aliphatic heterocycles. The number of nitrogens with two attached hydrogens (primary N) is 1. The SMILES string of the molecule is C[C@H](OS(N)(=O)=O)[C@@H](O)c1ccccc1I. The Morgan fingerprint density at radius 2 is 2.00 bits per heavy atom. The van der Waals surface area contributed by atoms with Gasteiger partial charge in [0.1, 0.15) is 12.2 Å². The summed E-state index contributed by atoms with van der Waals surface area (Å²) in [7, 11) is -4.05. The van der Waals surface area contributed by atoms with Crippen LogP contribution in [-0.2, 0) is 14.5 Å². The second-order valence-electron chi connectivity index (χ2n) is 3.26. The third-order valence-corrected chi connectivity index (χ3v) is 3.51. The van der Waals surface area contributed by atoms with Gasteiger partial charge in [-0.3, -0.25) is 4.18 Å². The number of hydrogen-bond acceptors (Lipinski definition) is 4. The summed E-state index contributed by atoms with van der Waals surface area (Å²) in [5.41, 5.74) is 0.610. The van der Waals surface area contributed by atoms with Gasteiger partial charge < -0.3 is 5.11 Å². The van der Waals surface area contributed by atoms with Gasteiger partial charge in [0.2, 0.25) is 0 Å². The fraction of sp³-hybridized carbons (Fsp3) is 0.333. The molecule has 3 N–H and O–H groups in total. The van der Waals surface area contributed by atoms with Crippen molar-refractivity contribution in [2.45, 2.75) is 19.1 Å². The molecule has 0 aliphatic rings. The molecule has 0 saturated heterocycles. The van der Waals surface area contributed by atoms with Crippen LogP contribution in [0.1, 0.15) is 18.6 Å². The molecular formula is C9H12INO4S. The first-order valence-corrected chi connectivity index (χ1v) is 7.00. The van der Waals surface area contributed by atoms with E-state index < -0.39 is 22.5 Å². The zero-order valence-electron chi connectivity index (χ0n) is 8.50. The monoisotopic (exact) mass is 357 g/mol. The van der Waals surface area contributed by atoms with Gasteiger partial charge in [0.05, 0.1) is 0 Å². The summed E-state index contributed by atoms with van der Waals surface area (Å²) in [6.07, 6.45) is -1.96. The minimum absolute atomic E-state index is 0.610. The zero-order valence-corrected chi connectivity index (χ0v) is 11.5. The van der Waals surface area contributed by atoms with Crippen molar-refractivity contribution < 1.29 is 17.7 Å². The molecule has 16 heavy (non-hydrogen) atoms. The number of benzene rings is 1. The third kappa shape index (κ3) is 3.98. The van der Waals surface area contributed by atoms with Crippen molar-refractivity contribution in [2.75, 3.05) is 0 Å². The Kier molecular flexibility index (Phi) is 4.68. The largest absolute Gasteiger partial charge is 0.386 e. The highest BCUT2D eigenvalue weighted by molar-refractivity contribution is 14.1. The summed E-state index contributed by atoms with van der Waals surface area (Å²) in [6, 6.07) is 7.09. The van der Waals surface area contributed by atoms with E-state index in [9.17, 15) is 13.5 Å². The molecule has 0 amide bonds. The molecule has 5 nitrogen and oxygen atoms in total. The highest BCUT2D eigenvalue weighted by atomic mass is 127. The maximum absolute atomic E-state index is 10.7. The van der Waals surface area contributed by atoms with Gasteiger partial charge in [-0.15, -0.1) is 0 Å². The summed E-state index contributed by atoms with van der Waals surface area (Å²) in [5, 5.41) is 14.6. The molecule has 0 aromatic heterocycles. The molecule has 7 heteroatoms. The van der Waals surface area contributed by atoms with E-state index in [1.807, 2.05) is 34.7 Å². The summed E-state index contributed by atoms with van der Waals surface area (Å²) in [4.78, 5) is 0. The Bertz CT molecular complexity index is 462. The first-order chi connectivity index (χ1) is 7.31. The molecule has 1 aromatic carbocycles. The first kappa shape index (κ1) is 13.8. The van der Waals surface area contributed by atoms with E-state index in [-0.39, 0.29) is 0 Å². The van der Waals surface area contributed by atoms with Crippen LogP contribution in [0.2, 0.25) is 0 Å². The number of aliphatic hydroxyl groups excluding tert-OH is 1. The van der Waals surface area contributed by atoms with Crippen molar-refractivity contribution in [3.8, 4) is 0 Å². The summed E-state index contributed by atoms with van der Waals surface area (Å²) in [5.74, 6) is 0. The van der Waals surface area contributed by atoms with Crippen LogP contribution in [0.25, 0.3) is 0 Å². The molecule has 2 atom stereocenters. The van der Waals surface area contributed by atoms with Crippen molar-refractivity contribution in [3.63, 3.8) is 0 Å².